The molecule has 0 saturated carbocycles. The van der Waals surface area contributed by atoms with Crippen molar-refractivity contribution in [2.75, 3.05) is 14.2 Å². The Bertz CT molecular complexity index is 1480. The SMILES string of the molecule is COC(=O)c1cc(N=C(NC(=O)OC(C)(C)C)NC(=O)OC(C)(C)C)c2cc(Cc3ccc(F)cc3)cnc2c1OC. The average molecular weight is 583 g/mol. The van der Waals surface area contributed by atoms with E-state index in [0.29, 0.717) is 11.8 Å². The molecule has 0 saturated heterocycles. The number of carbonyl (C=O) groups excluding carboxylic acids is 3. The molecule has 224 valence electrons. The van der Waals surface area contributed by atoms with Gasteiger partial charge in [-0.1, -0.05) is 12.1 Å². The van der Waals surface area contributed by atoms with Crippen LogP contribution in [0.15, 0.2) is 47.6 Å². The molecular weight excluding hydrogens is 547 g/mol. The van der Waals surface area contributed by atoms with Gasteiger partial charge in [0.05, 0.1) is 19.9 Å². The van der Waals surface area contributed by atoms with E-state index < -0.39 is 29.4 Å². The number of rotatable bonds is 5. The Hall–Kier alpha value is -4.74. The summed E-state index contributed by atoms with van der Waals surface area (Å²) >= 11 is 0. The summed E-state index contributed by atoms with van der Waals surface area (Å²) in [6, 6.07) is 9.21. The van der Waals surface area contributed by atoms with Gasteiger partial charge in [-0.15, -0.1) is 0 Å². The Morgan fingerprint density at radius 2 is 1.45 bits per heavy atom. The van der Waals surface area contributed by atoms with Crippen LogP contribution in [0.1, 0.15) is 63.0 Å². The highest BCUT2D eigenvalue weighted by atomic mass is 19.1. The van der Waals surface area contributed by atoms with E-state index in [0.717, 1.165) is 11.1 Å². The molecule has 0 bridgehead atoms. The third-order valence-corrected chi connectivity index (χ3v) is 5.36. The van der Waals surface area contributed by atoms with Crippen LogP contribution in [0.5, 0.6) is 5.75 Å². The van der Waals surface area contributed by atoms with Crippen LogP contribution in [0, 0.1) is 5.82 Å². The number of methoxy groups -OCH3 is 2. The van der Waals surface area contributed by atoms with Crippen molar-refractivity contribution in [2.45, 2.75) is 59.2 Å². The number of halogens is 1. The second-order valence-corrected chi connectivity index (χ2v) is 11.2. The quantitative estimate of drug-likeness (QED) is 0.167. The lowest BCUT2D eigenvalue weighted by molar-refractivity contribution is 0.0541. The number of alkyl carbamates (subject to hydrolysis) is 2. The minimum atomic E-state index is -0.890. The normalized spacial score (nSPS) is 11.4. The van der Waals surface area contributed by atoms with Gasteiger partial charge in [-0.3, -0.25) is 15.6 Å². The Morgan fingerprint density at radius 1 is 0.881 bits per heavy atom. The number of amides is 2. The van der Waals surface area contributed by atoms with E-state index in [1.165, 1.54) is 32.4 Å². The topological polar surface area (TPSA) is 137 Å². The first-order valence-corrected chi connectivity index (χ1v) is 13.0. The summed E-state index contributed by atoms with van der Waals surface area (Å²) in [5.74, 6) is -1.26. The lowest BCUT2D eigenvalue weighted by Gasteiger charge is -2.22. The Morgan fingerprint density at radius 3 is 1.95 bits per heavy atom. The molecule has 0 radical (unpaired) electrons. The molecule has 0 aliphatic heterocycles. The number of fused-ring (bicyclic) bond motifs is 1. The molecule has 0 aliphatic rings. The second-order valence-electron chi connectivity index (χ2n) is 11.2. The molecule has 3 aromatic rings. The first kappa shape index (κ1) is 31.8. The Kier molecular flexibility index (Phi) is 9.71. The summed E-state index contributed by atoms with van der Waals surface area (Å²) in [6.45, 7) is 10.1. The molecule has 11 nitrogen and oxygen atoms in total. The highest BCUT2D eigenvalue weighted by Gasteiger charge is 2.24. The van der Waals surface area contributed by atoms with Crippen LogP contribution in [0.4, 0.5) is 19.7 Å². The molecule has 0 spiro atoms. The maximum atomic E-state index is 13.4. The maximum Gasteiger partial charge on any atom is 0.414 e. The van der Waals surface area contributed by atoms with E-state index in [9.17, 15) is 18.8 Å². The Balaban J connectivity index is 2.21. The second kappa shape index (κ2) is 12.8. The van der Waals surface area contributed by atoms with Crippen molar-refractivity contribution < 1.29 is 37.7 Å². The van der Waals surface area contributed by atoms with Gasteiger partial charge in [0.15, 0.2) is 5.75 Å². The van der Waals surface area contributed by atoms with Gasteiger partial charge < -0.3 is 18.9 Å². The van der Waals surface area contributed by atoms with Crippen LogP contribution in [0.25, 0.3) is 10.9 Å². The zero-order valence-corrected chi connectivity index (χ0v) is 24.9. The number of esters is 1. The number of pyridine rings is 1. The van der Waals surface area contributed by atoms with Crippen LogP contribution in [0.2, 0.25) is 0 Å². The van der Waals surface area contributed by atoms with E-state index in [1.54, 1.807) is 65.9 Å². The number of aliphatic imine (C=N–C) groups is 1. The monoisotopic (exact) mass is 582 g/mol. The molecule has 0 atom stereocenters. The van der Waals surface area contributed by atoms with Gasteiger partial charge in [-0.2, -0.15) is 0 Å². The van der Waals surface area contributed by atoms with Crippen LogP contribution >= 0.6 is 0 Å². The molecule has 12 heteroatoms. The van der Waals surface area contributed by atoms with Gasteiger partial charge in [-0.05, 0) is 83.4 Å². The maximum absolute atomic E-state index is 13.4. The van der Waals surface area contributed by atoms with E-state index in [-0.39, 0.29) is 34.3 Å². The van der Waals surface area contributed by atoms with Crippen molar-refractivity contribution in [1.82, 2.24) is 15.6 Å². The minimum absolute atomic E-state index is 0.0129. The van der Waals surface area contributed by atoms with Crippen LogP contribution in [-0.4, -0.2) is 54.5 Å². The fourth-order valence-corrected chi connectivity index (χ4v) is 3.80. The molecule has 0 aliphatic carbocycles. The summed E-state index contributed by atoms with van der Waals surface area (Å²) in [4.78, 5) is 47.0. The summed E-state index contributed by atoms with van der Waals surface area (Å²) < 4.78 is 34.5. The number of guanidine groups is 1. The first-order chi connectivity index (χ1) is 19.6. The summed E-state index contributed by atoms with van der Waals surface area (Å²) in [5.41, 5.74) is 0.312. The number of aromatic nitrogens is 1. The number of nitrogens with one attached hydrogen (secondary N) is 2. The lowest BCUT2D eigenvalue weighted by Crippen LogP contribution is -2.47. The molecule has 2 aromatic carbocycles. The standard InChI is InChI=1S/C30H35FN4O7/c1-29(2,3)41-27(37)34-26(35-28(38)42-30(4,5)6)33-22-15-21(25(36)40-8)24(39-7)23-20(22)14-18(16-32-23)13-17-9-11-19(31)12-10-17/h9-12,14-16H,13H2,1-8H3,(H2,33,34,35,37,38). The van der Waals surface area contributed by atoms with Gasteiger partial charge in [0.1, 0.15) is 28.1 Å². The number of hydrogen-bond donors (Lipinski definition) is 2. The van der Waals surface area contributed by atoms with E-state index in [4.69, 9.17) is 18.9 Å². The van der Waals surface area contributed by atoms with Gasteiger partial charge >= 0.3 is 18.2 Å². The third kappa shape index (κ3) is 8.88. The molecule has 2 N–H and O–H groups in total. The number of carbonyl (C=O) groups is 3. The largest absolute Gasteiger partial charge is 0.494 e. The molecule has 2 amide bonds. The lowest BCUT2D eigenvalue weighted by atomic mass is 10.0. The van der Waals surface area contributed by atoms with Gasteiger partial charge in [0.2, 0.25) is 5.96 Å². The molecular formula is C30H35FN4O7. The molecule has 0 unspecified atom stereocenters. The highest BCUT2D eigenvalue weighted by Crippen LogP contribution is 2.37. The molecule has 1 aromatic heterocycles. The van der Waals surface area contributed by atoms with Crippen LogP contribution < -0.4 is 15.4 Å². The van der Waals surface area contributed by atoms with E-state index in [2.05, 4.69) is 20.6 Å². The van der Waals surface area contributed by atoms with Gasteiger partial charge in [0.25, 0.3) is 0 Å². The van der Waals surface area contributed by atoms with Crippen molar-refractivity contribution in [3.8, 4) is 5.75 Å². The summed E-state index contributed by atoms with van der Waals surface area (Å²) in [6.07, 6.45) is 0.227. The number of hydrogen-bond acceptors (Lipinski definition) is 9. The fraction of sp³-hybridized carbons (Fsp3) is 0.367. The van der Waals surface area contributed by atoms with E-state index >= 15 is 0 Å². The summed E-state index contributed by atoms with van der Waals surface area (Å²) in [7, 11) is 2.60. The minimum Gasteiger partial charge on any atom is -0.494 e. The van der Waals surface area contributed by atoms with Crippen molar-refractivity contribution >= 4 is 40.7 Å². The van der Waals surface area contributed by atoms with E-state index in [1.807, 2.05) is 0 Å². The molecule has 0 fully saturated rings. The zero-order chi connectivity index (χ0) is 31.2. The summed E-state index contributed by atoms with van der Waals surface area (Å²) in [5, 5.41) is 5.28. The van der Waals surface area contributed by atoms with Crippen molar-refractivity contribution in [1.29, 1.82) is 0 Å². The van der Waals surface area contributed by atoms with Crippen molar-refractivity contribution in [3.63, 3.8) is 0 Å². The van der Waals surface area contributed by atoms with Gasteiger partial charge in [-0.25, -0.2) is 23.8 Å². The molecule has 3 rings (SSSR count). The predicted octanol–water partition coefficient (Wildman–Crippen LogP) is 5.80. The predicted molar refractivity (Wildman–Crippen MR) is 155 cm³/mol. The highest BCUT2D eigenvalue weighted by molar-refractivity contribution is 6.08. The van der Waals surface area contributed by atoms with Crippen molar-refractivity contribution in [2.24, 2.45) is 4.99 Å². The van der Waals surface area contributed by atoms with Crippen LogP contribution in [0.3, 0.4) is 0 Å². The first-order valence-electron chi connectivity index (χ1n) is 13.0. The fourth-order valence-electron chi connectivity index (χ4n) is 3.80. The molecule has 42 heavy (non-hydrogen) atoms. The zero-order valence-electron chi connectivity index (χ0n) is 24.9. The van der Waals surface area contributed by atoms with Crippen LogP contribution in [-0.2, 0) is 20.6 Å². The number of ether oxygens (including phenoxy) is 4. The molecule has 1 heterocycles. The van der Waals surface area contributed by atoms with Gasteiger partial charge in [0, 0.05) is 11.6 Å². The third-order valence-electron chi connectivity index (χ3n) is 5.36. The Labute approximate surface area is 243 Å². The smallest absolute Gasteiger partial charge is 0.414 e. The number of benzene rings is 2. The van der Waals surface area contributed by atoms with Crippen molar-refractivity contribution in [3.05, 3.63) is 65.1 Å². The number of nitrogens with zero attached hydrogens (tertiary/aromatic N) is 2. The average Bonchev–Trinajstić information content (AvgIpc) is 2.87.